The molecular formula is C20H28N4O5. The summed E-state index contributed by atoms with van der Waals surface area (Å²) in [4.78, 5) is 49.5. The van der Waals surface area contributed by atoms with Crippen LogP contribution >= 0.6 is 0 Å². The predicted octanol–water partition coefficient (Wildman–Crippen LogP) is 1.12. The number of rotatable bonds is 9. The van der Waals surface area contributed by atoms with Gasteiger partial charge in [0.05, 0.1) is 19.6 Å². The molecule has 0 aliphatic carbocycles. The van der Waals surface area contributed by atoms with E-state index in [1.807, 2.05) is 6.92 Å². The molecule has 1 unspecified atom stereocenters. The molecule has 3 N–H and O–H groups in total. The van der Waals surface area contributed by atoms with Gasteiger partial charge in [0, 0.05) is 30.9 Å². The number of anilines is 2. The van der Waals surface area contributed by atoms with E-state index < -0.39 is 12.0 Å². The molecule has 0 spiro atoms. The lowest BCUT2D eigenvalue weighted by Crippen LogP contribution is -2.58. The topological polar surface area (TPSA) is 117 Å². The van der Waals surface area contributed by atoms with Crippen LogP contribution in [0.4, 0.5) is 11.4 Å². The standard InChI is InChI=1S/C20H28N4O5/c1-3-11-29-19(27)12-16-20(28)21-9-10-24(16)18(26)13-22-14-5-7-15(8-6-14)23-17(25)4-2/h5-8,16,22H,3-4,9-13H2,1-2H3,(H,21,28)(H,23,25). The molecule has 1 saturated heterocycles. The second kappa shape index (κ2) is 11.0. The van der Waals surface area contributed by atoms with Gasteiger partial charge in [-0.2, -0.15) is 0 Å². The number of nitrogens with zero attached hydrogens (tertiary/aromatic N) is 1. The molecule has 0 aromatic heterocycles. The van der Waals surface area contributed by atoms with Gasteiger partial charge in [0.25, 0.3) is 0 Å². The summed E-state index contributed by atoms with van der Waals surface area (Å²) in [6, 6.07) is 6.11. The predicted molar refractivity (Wildman–Crippen MR) is 108 cm³/mol. The Kier molecular flexibility index (Phi) is 8.45. The molecule has 1 aliphatic heterocycles. The number of carbonyl (C=O) groups excluding carboxylic acids is 4. The summed E-state index contributed by atoms with van der Waals surface area (Å²) >= 11 is 0. The van der Waals surface area contributed by atoms with Gasteiger partial charge in [-0.3, -0.25) is 19.2 Å². The summed E-state index contributed by atoms with van der Waals surface area (Å²) in [6.45, 7) is 4.60. The maximum atomic E-state index is 12.6. The maximum absolute atomic E-state index is 12.6. The number of ether oxygens (including phenoxy) is 1. The lowest BCUT2D eigenvalue weighted by Gasteiger charge is -2.34. The normalized spacial score (nSPS) is 16.0. The first kappa shape index (κ1) is 22.2. The summed E-state index contributed by atoms with van der Waals surface area (Å²) in [5, 5.41) is 8.44. The van der Waals surface area contributed by atoms with Crippen LogP contribution in [0.25, 0.3) is 0 Å². The highest BCUT2D eigenvalue weighted by Gasteiger charge is 2.34. The van der Waals surface area contributed by atoms with Crippen molar-refractivity contribution in [1.82, 2.24) is 10.2 Å². The Labute approximate surface area is 170 Å². The fourth-order valence-corrected chi connectivity index (χ4v) is 2.85. The minimum absolute atomic E-state index is 0.0194. The molecule has 9 nitrogen and oxygen atoms in total. The molecule has 29 heavy (non-hydrogen) atoms. The van der Waals surface area contributed by atoms with Crippen LogP contribution in [0, 0.1) is 0 Å². The Balaban J connectivity index is 1.92. The van der Waals surface area contributed by atoms with E-state index in [9.17, 15) is 19.2 Å². The molecule has 3 amide bonds. The van der Waals surface area contributed by atoms with Crippen molar-refractivity contribution in [2.45, 2.75) is 39.2 Å². The van der Waals surface area contributed by atoms with Crippen molar-refractivity contribution < 1.29 is 23.9 Å². The molecule has 1 heterocycles. The van der Waals surface area contributed by atoms with Crippen molar-refractivity contribution in [1.29, 1.82) is 0 Å². The van der Waals surface area contributed by atoms with Crippen LogP contribution in [0.1, 0.15) is 33.1 Å². The molecule has 1 aromatic rings. The fraction of sp³-hybridized carbons (Fsp3) is 0.500. The molecule has 1 aromatic carbocycles. The highest BCUT2D eigenvalue weighted by molar-refractivity contribution is 5.93. The van der Waals surface area contributed by atoms with Crippen molar-refractivity contribution >= 4 is 35.1 Å². The molecule has 2 rings (SSSR count). The summed E-state index contributed by atoms with van der Waals surface area (Å²) in [6.07, 6.45) is 0.921. The van der Waals surface area contributed by atoms with Gasteiger partial charge in [-0.15, -0.1) is 0 Å². The summed E-state index contributed by atoms with van der Waals surface area (Å²) < 4.78 is 5.04. The van der Waals surface area contributed by atoms with Gasteiger partial charge in [-0.1, -0.05) is 13.8 Å². The number of hydrogen-bond acceptors (Lipinski definition) is 6. The highest BCUT2D eigenvalue weighted by atomic mass is 16.5. The first-order valence-corrected chi connectivity index (χ1v) is 9.81. The number of amides is 3. The van der Waals surface area contributed by atoms with Crippen LogP contribution in [-0.4, -0.2) is 60.9 Å². The zero-order valence-corrected chi connectivity index (χ0v) is 16.8. The molecule has 1 aliphatic rings. The monoisotopic (exact) mass is 404 g/mol. The molecule has 1 atom stereocenters. The number of carbonyl (C=O) groups is 4. The van der Waals surface area contributed by atoms with Crippen LogP contribution < -0.4 is 16.0 Å². The van der Waals surface area contributed by atoms with Crippen LogP contribution in [-0.2, 0) is 23.9 Å². The Morgan fingerprint density at radius 3 is 2.52 bits per heavy atom. The summed E-state index contributed by atoms with van der Waals surface area (Å²) in [7, 11) is 0. The Morgan fingerprint density at radius 2 is 1.86 bits per heavy atom. The van der Waals surface area contributed by atoms with E-state index in [4.69, 9.17) is 4.74 Å². The summed E-state index contributed by atoms with van der Waals surface area (Å²) in [5.41, 5.74) is 1.38. The smallest absolute Gasteiger partial charge is 0.308 e. The molecular weight excluding hydrogens is 376 g/mol. The average molecular weight is 404 g/mol. The molecule has 0 saturated carbocycles. The van der Waals surface area contributed by atoms with E-state index in [1.165, 1.54) is 4.90 Å². The number of piperazine rings is 1. The van der Waals surface area contributed by atoms with E-state index in [0.29, 0.717) is 37.3 Å². The Hall–Kier alpha value is -3.10. The van der Waals surface area contributed by atoms with Crippen LogP contribution in [0.3, 0.4) is 0 Å². The lowest BCUT2D eigenvalue weighted by molar-refractivity contribution is -0.151. The van der Waals surface area contributed by atoms with E-state index in [1.54, 1.807) is 31.2 Å². The van der Waals surface area contributed by atoms with Gasteiger partial charge < -0.3 is 25.6 Å². The molecule has 1 fully saturated rings. The second-order valence-corrected chi connectivity index (χ2v) is 6.65. The summed E-state index contributed by atoms with van der Waals surface area (Å²) in [5.74, 6) is -1.21. The third kappa shape index (κ3) is 6.78. The van der Waals surface area contributed by atoms with E-state index >= 15 is 0 Å². The first-order valence-electron chi connectivity index (χ1n) is 9.81. The van der Waals surface area contributed by atoms with E-state index in [2.05, 4.69) is 16.0 Å². The number of benzene rings is 1. The average Bonchev–Trinajstić information content (AvgIpc) is 2.72. The largest absolute Gasteiger partial charge is 0.466 e. The minimum Gasteiger partial charge on any atom is -0.466 e. The lowest BCUT2D eigenvalue weighted by atomic mass is 10.1. The van der Waals surface area contributed by atoms with Gasteiger partial charge in [0.1, 0.15) is 6.04 Å². The molecule has 0 radical (unpaired) electrons. The van der Waals surface area contributed by atoms with Gasteiger partial charge in [-0.05, 0) is 30.7 Å². The minimum atomic E-state index is -0.867. The molecule has 9 heteroatoms. The number of nitrogens with one attached hydrogen (secondary N) is 3. The maximum Gasteiger partial charge on any atom is 0.308 e. The third-order valence-corrected chi connectivity index (χ3v) is 4.41. The van der Waals surface area contributed by atoms with Gasteiger partial charge in [0.15, 0.2) is 0 Å². The van der Waals surface area contributed by atoms with Crippen molar-refractivity contribution in [2.24, 2.45) is 0 Å². The van der Waals surface area contributed by atoms with Crippen LogP contribution in [0.2, 0.25) is 0 Å². The van der Waals surface area contributed by atoms with Gasteiger partial charge in [-0.25, -0.2) is 0 Å². The zero-order valence-electron chi connectivity index (χ0n) is 16.8. The first-order chi connectivity index (χ1) is 13.9. The van der Waals surface area contributed by atoms with Gasteiger partial charge >= 0.3 is 5.97 Å². The van der Waals surface area contributed by atoms with E-state index in [-0.39, 0.29) is 37.3 Å². The van der Waals surface area contributed by atoms with Crippen molar-refractivity contribution in [3.8, 4) is 0 Å². The van der Waals surface area contributed by atoms with Crippen LogP contribution in [0.5, 0.6) is 0 Å². The fourth-order valence-electron chi connectivity index (χ4n) is 2.85. The number of hydrogen-bond donors (Lipinski definition) is 3. The quantitative estimate of drug-likeness (QED) is 0.531. The molecule has 0 bridgehead atoms. The van der Waals surface area contributed by atoms with E-state index in [0.717, 1.165) is 0 Å². The SMILES string of the molecule is CCCOC(=O)CC1C(=O)NCCN1C(=O)CNc1ccc(NC(=O)CC)cc1. The van der Waals surface area contributed by atoms with Crippen molar-refractivity contribution in [2.75, 3.05) is 36.9 Å². The number of esters is 1. The Bertz CT molecular complexity index is 735. The van der Waals surface area contributed by atoms with Gasteiger partial charge in [0.2, 0.25) is 17.7 Å². The third-order valence-electron chi connectivity index (χ3n) is 4.41. The van der Waals surface area contributed by atoms with Crippen molar-refractivity contribution in [3.63, 3.8) is 0 Å². The Morgan fingerprint density at radius 1 is 1.17 bits per heavy atom. The second-order valence-electron chi connectivity index (χ2n) is 6.65. The van der Waals surface area contributed by atoms with Crippen molar-refractivity contribution in [3.05, 3.63) is 24.3 Å². The highest BCUT2D eigenvalue weighted by Crippen LogP contribution is 2.15. The van der Waals surface area contributed by atoms with Crippen LogP contribution in [0.15, 0.2) is 24.3 Å². The zero-order chi connectivity index (χ0) is 21.2. The molecule has 158 valence electrons.